The summed E-state index contributed by atoms with van der Waals surface area (Å²) in [6.07, 6.45) is 4.01. The van der Waals surface area contributed by atoms with Crippen LogP contribution in [0.4, 0.5) is 0 Å². The first-order chi connectivity index (χ1) is 10.7. The van der Waals surface area contributed by atoms with E-state index in [0.29, 0.717) is 10.6 Å². The molecule has 0 aromatic heterocycles. The van der Waals surface area contributed by atoms with Crippen molar-refractivity contribution < 1.29 is 4.79 Å². The first kappa shape index (κ1) is 17.7. The Morgan fingerprint density at radius 1 is 0.955 bits per heavy atom. The Morgan fingerprint density at radius 3 is 2.14 bits per heavy atom. The van der Waals surface area contributed by atoms with Crippen LogP contribution in [0.15, 0.2) is 63.3 Å². The quantitative estimate of drug-likeness (QED) is 0.396. The third-order valence-electron chi connectivity index (χ3n) is 2.84. The van der Waals surface area contributed by atoms with Crippen molar-refractivity contribution >= 4 is 60.3 Å². The van der Waals surface area contributed by atoms with E-state index in [9.17, 15) is 4.79 Å². The molecule has 0 aliphatic rings. The van der Waals surface area contributed by atoms with Crippen molar-refractivity contribution in [2.45, 2.75) is 0 Å². The van der Waals surface area contributed by atoms with Crippen LogP contribution in [0.25, 0.3) is 0 Å². The zero-order valence-electron chi connectivity index (χ0n) is 12.2. The van der Waals surface area contributed by atoms with Gasteiger partial charge in [-0.1, -0.05) is 0 Å². The van der Waals surface area contributed by atoms with Gasteiger partial charge in [0.15, 0.2) is 0 Å². The molecule has 2 aromatic carbocycles. The Bertz CT molecular complexity index is 680. The number of hydrogen-bond acceptors (Lipinski definition) is 3. The number of hydrogen-bond donors (Lipinski definition) is 0. The number of thioether (sulfide) groups is 2. The molecule has 0 heterocycles. The van der Waals surface area contributed by atoms with Gasteiger partial charge in [0, 0.05) is 0 Å². The van der Waals surface area contributed by atoms with Gasteiger partial charge in [0.25, 0.3) is 0 Å². The molecule has 0 amide bonds. The molecule has 0 spiro atoms. The summed E-state index contributed by atoms with van der Waals surface area (Å²) in [5.41, 5.74) is 0.581. The number of ketones is 1. The standard InChI is InChI=1S/C17H15ClOS2Se/c1-20-17(21-2)16(22-12-8-4-3-5-9-12)15(19)13-10-6-7-11-14(13)18/h3-11H,1-2H3. The van der Waals surface area contributed by atoms with Gasteiger partial charge in [0.2, 0.25) is 0 Å². The molecule has 0 aliphatic carbocycles. The van der Waals surface area contributed by atoms with Gasteiger partial charge in [-0.25, -0.2) is 0 Å². The second kappa shape index (κ2) is 8.85. The zero-order chi connectivity index (χ0) is 15.9. The van der Waals surface area contributed by atoms with Gasteiger partial charge in [-0.2, -0.15) is 0 Å². The molecular formula is C17H15ClOS2Se. The van der Waals surface area contributed by atoms with Crippen LogP contribution in [0.5, 0.6) is 0 Å². The molecule has 0 saturated carbocycles. The average molecular weight is 414 g/mol. The molecule has 114 valence electrons. The van der Waals surface area contributed by atoms with Crippen molar-refractivity contribution in [1.29, 1.82) is 0 Å². The second-order valence-corrected chi connectivity index (χ2v) is 8.82. The number of halogens is 1. The van der Waals surface area contributed by atoms with E-state index in [4.69, 9.17) is 11.6 Å². The summed E-state index contributed by atoms with van der Waals surface area (Å²) in [6.45, 7) is 0. The van der Waals surface area contributed by atoms with Crippen molar-refractivity contribution in [3.05, 3.63) is 73.9 Å². The predicted molar refractivity (Wildman–Crippen MR) is 102 cm³/mol. The predicted octanol–water partition coefficient (Wildman–Crippen LogP) is 4.45. The van der Waals surface area contributed by atoms with Gasteiger partial charge < -0.3 is 0 Å². The first-order valence-corrected chi connectivity index (χ1v) is 11.1. The van der Waals surface area contributed by atoms with Crippen LogP contribution in [0, 0.1) is 0 Å². The van der Waals surface area contributed by atoms with Crippen LogP contribution in [-0.2, 0) is 0 Å². The molecule has 1 nitrogen and oxygen atoms in total. The maximum absolute atomic E-state index is 13.0. The number of Topliss-reactive ketones (excluding diaryl/α,β-unsaturated/α-hetero) is 1. The van der Waals surface area contributed by atoms with Gasteiger partial charge in [0.1, 0.15) is 0 Å². The monoisotopic (exact) mass is 414 g/mol. The van der Waals surface area contributed by atoms with Crippen molar-refractivity contribution in [1.82, 2.24) is 0 Å². The third-order valence-corrected chi connectivity index (χ3v) is 8.22. The fourth-order valence-corrected chi connectivity index (χ4v) is 6.46. The number of carbonyl (C=O) groups is 1. The van der Waals surface area contributed by atoms with E-state index in [1.807, 2.05) is 42.8 Å². The molecule has 0 saturated heterocycles. The molecule has 0 N–H and O–H groups in total. The Labute approximate surface area is 151 Å². The molecular weight excluding hydrogens is 399 g/mol. The van der Waals surface area contributed by atoms with Crippen LogP contribution in [-0.4, -0.2) is 33.3 Å². The molecule has 0 fully saturated rings. The number of benzene rings is 2. The molecule has 5 heteroatoms. The molecule has 0 unspecified atom stereocenters. The van der Waals surface area contributed by atoms with Crippen LogP contribution in [0.2, 0.25) is 5.02 Å². The van der Waals surface area contributed by atoms with Gasteiger partial charge >= 0.3 is 152 Å². The Balaban J connectivity index is 2.44. The number of carbonyl (C=O) groups excluding carboxylic acids is 1. The van der Waals surface area contributed by atoms with Gasteiger partial charge in [-0.15, -0.1) is 0 Å². The van der Waals surface area contributed by atoms with Crippen LogP contribution >= 0.6 is 35.1 Å². The van der Waals surface area contributed by atoms with Crippen molar-refractivity contribution in [3.63, 3.8) is 0 Å². The van der Waals surface area contributed by atoms with Gasteiger partial charge in [-0.05, 0) is 0 Å². The minimum atomic E-state index is -0.0428. The van der Waals surface area contributed by atoms with Crippen LogP contribution in [0.1, 0.15) is 10.4 Å². The van der Waals surface area contributed by atoms with Crippen molar-refractivity contribution in [2.24, 2.45) is 0 Å². The number of rotatable bonds is 6. The summed E-state index contributed by atoms with van der Waals surface area (Å²) in [5, 5.41) is 0.510. The van der Waals surface area contributed by atoms with Crippen LogP contribution in [0.3, 0.4) is 0 Å². The maximum atomic E-state index is 13.0. The molecule has 0 radical (unpaired) electrons. The fourth-order valence-electron chi connectivity index (χ4n) is 1.82. The van der Waals surface area contributed by atoms with E-state index in [1.165, 1.54) is 4.46 Å². The summed E-state index contributed by atoms with van der Waals surface area (Å²) in [7, 11) is 0. The SMILES string of the molecule is CSC(SC)=C([Se]c1ccccc1)C(=O)c1ccccc1Cl. The van der Waals surface area contributed by atoms with E-state index in [2.05, 4.69) is 12.1 Å². The Morgan fingerprint density at radius 2 is 1.55 bits per heavy atom. The Kier molecular flexibility index (Phi) is 7.13. The van der Waals surface area contributed by atoms with E-state index >= 15 is 0 Å². The fraction of sp³-hybridized carbons (Fsp3) is 0.118. The second-order valence-electron chi connectivity index (χ2n) is 4.25. The minimum absolute atomic E-state index is 0.0353. The van der Waals surface area contributed by atoms with E-state index in [1.54, 1.807) is 35.7 Å². The zero-order valence-corrected chi connectivity index (χ0v) is 16.3. The molecule has 2 aromatic rings. The molecule has 0 atom stereocenters. The first-order valence-electron chi connectivity index (χ1n) is 6.51. The summed E-state index contributed by atoms with van der Waals surface area (Å²) in [4.78, 5) is 13.0. The van der Waals surface area contributed by atoms with Crippen molar-refractivity contribution in [2.75, 3.05) is 12.5 Å². The normalized spacial score (nSPS) is 10.3. The molecule has 22 heavy (non-hydrogen) atoms. The summed E-state index contributed by atoms with van der Waals surface area (Å²) in [6, 6.07) is 17.4. The van der Waals surface area contributed by atoms with Gasteiger partial charge in [-0.3, -0.25) is 0 Å². The molecule has 0 aliphatic heterocycles. The van der Waals surface area contributed by atoms with E-state index < -0.39 is 0 Å². The average Bonchev–Trinajstić information content (AvgIpc) is 2.56. The van der Waals surface area contributed by atoms with E-state index in [-0.39, 0.29) is 20.7 Å². The van der Waals surface area contributed by atoms with Crippen molar-refractivity contribution in [3.8, 4) is 0 Å². The van der Waals surface area contributed by atoms with Crippen LogP contribution < -0.4 is 4.46 Å². The van der Waals surface area contributed by atoms with Gasteiger partial charge in [0.05, 0.1) is 0 Å². The summed E-state index contributed by atoms with van der Waals surface area (Å²) >= 11 is 9.41. The number of allylic oxidation sites excluding steroid dienone is 1. The summed E-state index contributed by atoms with van der Waals surface area (Å²) < 4.78 is 3.12. The molecule has 2 rings (SSSR count). The van der Waals surface area contributed by atoms with E-state index in [0.717, 1.165) is 8.71 Å². The topological polar surface area (TPSA) is 17.1 Å². The molecule has 0 bridgehead atoms. The summed E-state index contributed by atoms with van der Waals surface area (Å²) in [5.74, 6) is 0.0353. The third kappa shape index (κ3) is 4.43. The Hall–Kier alpha value is -0.641.